The van der Waals surface area contributed by atoms with Crippen molar-refractivity contribution in [1.82, 2.24) is 35.1 Å². The number of nitrogens with zero attached hydrogens (tertiary/aromatic N) is 5. The first kappa shape index (κ1) is 19.2. The minimum Gasteiger partial charge on any atom is -0.420 e. The highest BCUT2D eigenvalue weighted by atomic mass is 16.4. The van der Waals surface area contributed by atoms with Gasteiger partial charge in [0.15, 0.2) is 5.65 Å². The number of hydrogen-bond donors (Lipinski definition) is 2. The molecular formula is C24H25N7O. The molecule has 5 heterocycles. The van der Waals surface area contributed by atoms with Crippen molar-refractivity contribution in [2.75, 3.05) is 13.1 Å². The molecule has 0 amide bonds. The molecule has 1 aliphatic rings. The molecule has 5 aromatic rings. The van der Waals surface area contributed by atoms with Gasteiger partial charge in [0.05, 0.1) is 5.69 Å². The minimum atomic E-state index is 0.297. The molecule has 1 aromatic carbocycles. The van der Waals surface area contributed by atoms with Gasteiger partial charge in [0.2, 0.25) is 11.8 Å². The molecule has 8 nitrogen and oxygen atoms in total. The van der Waals surface area contributed by atoms with Gasteiger partial charge in [-0.2, -0.15) is 5.10 Å². The van der Waals surface area contributed by atoms with Crippen molar-refractivity contribution in [3.8, 4) is 22.7 Å². The van der Waals surface area contributed by atoms with E-state index < -0.39 is 0 Å². The molecule has 8 heteroatoms. The van der Waals surface area contributed by atoms with E-state index in [9.17, 15) is 0 Å². The maximum absolute atomic E-state index is 6.10. The van der Waals surface area contributed by atoms with Crippen molar-refractivity contribution < 1.29 is 4.42 Å². The van der Waals surface area contributed by atoms with E-state index in [-0.39, 0.29) is 0 Å². The zero-order chi connectivity index (χ0) is 21.7. The molecule has 1 unspecified atom stereocenters. The van der Waals surface area contributed by atoms with Gasteiger partial charge in [0.25, 0.3) is 0 Å². The number of nitrogens with one attached hydrogen (secondary N) is 2. The molecule has 0 spiro atoms. The predicted molar refractivity (Wildman–Crippen MR) is 123 cm³/mol. The lowest BCUT2D eigenvalue weighted by Gasteiger charge is -2.18. The Hall–Kier alpha value is -3.52. The fraction of sp³-hybridized carbons (Fsp3) is 0.333. The van der Waals surface area contributed by atoms with Gasteiger partial charge < -0.3 is 14.7 Å². The summed E-state index contributed by atoms with van der Waals surface area (Å²) >= 11 is 0. The van der Waals surface area contributed by atoms with Crippen molar-refractivity contribution in [3.63, 3.8) is 0 Å². The van der Waals surface area contributed by atoms with Crippen molar-refractivity contribution in [2.45, 2.75) is 38.5 Å². The summed E-state index contributed by atoms with van der Waals surface area (Å²) in [7, 11) is 0. The van der Waals surface area contributed by atoms with E-state index in [1.165, 1.54) is 10.9 Å². The van der Waals surface area contributed by atoms with Crippen LogP contribution in [-0.2, 0) is 0 Å². The zero-order valence-corrected chi connectivity index (χ0v) is 18.2. The van der Waals surface area contributed by atoms with Crippen LogP contribution in [-0.4, -0.2) is 42.9 Å². The lowest BCUT2D eigenvalue weighted by Crippen LogP contribution is -2.28. The molecule has 4 aromatic heterocycles. The second-order valence-electron chi connectivity index (χ2n) is 8.80. The van der Waals surface area contributed by atoms with Gasteiger partial charge in [-0.05, 0) is 61.2 Å². The van der Waals surface area contributed by atoms with Crippen LogP contribution in [0.25, 0.3) is 39.3 Å². The number of hydrogen-bond acceptors (Lipinski definition) is 6. The average molecular weight is 428 g/mol. The average Bonchev–Trinajstić information content (AvgIpc) is 3.56. The van der Waals surface area contributed by atoms with Crippen LogP contribution < -0.4 is 5.32 Å². The molecule has 6 rings (SSSR count). The Bertz CT molecular complexity index is 1400. The maximum atomic E-state index is 6.10. The summed E-state index contributed by atoms with van der Waals surface area (Å²) in [6.07, 6.45) is 5.81. The number of rotatable bonds is 4. The topological polar surface area (TPSA) is 96.9 Å². The monoisotopic (exact) mass is 427 g/mol. The minimum absolute atomic E-state index is 0.297. The Labute approximate surface area is 185 Å². The summed E-state index contributed by atoms with van der Waals surface area (Å²) in [5.74, 6) is 1.93. The Morgan fingerprint density at radius 2 is 2.03 bits per heavy atom. The molecule has 162 valence electrons. The quantitative estimate of drug-likeness (QED) is 0.438. The van der Waals surface area contributed by atoms with Gasteiger partial charge in [0.1, 0.15) is 6.33 Å². The van der Waals surface area contributed by atoms with Crippen LogP contribution in [0.2, 0.25) is 0 Å². The Kier molecular flexibility index (Phi) is 4.53. The van der Waals surface area contributed by atoms with Crippen LogP contribution in [0.4, 0.5) is 0 Å². The molecule has 1 fully saturated rings. The summed E-state index contributed by atoms with van der Waals surface area (Å²) in [4.78, 5) is 7.87. The van der Waals surface area contributed by atoms with E-state index in [0.717, 1.165) is 59.8 Å². The zero-order valence-electron chi connectivity index (χ0n) is 18.2. The SMILES string of the molecule is CC(C)c1c(-c2ccc3ncnn3c2)[nH]c2ccc(-c3nnc(C4CCCNC4)o3)cc12. The van der Waals surface area contributed by atoms with Crippen LogP contribution in [0, 0.1) is 0 Å². The Morgan fingerprint density at radius 1 is 1.12 bits per heavy atom. The van der Waals surface area contributed by atoms with E-state index in [1.807, 2.05) is 18.3 Å². The van der Waals surface area contributed by atoms with Crippen molar-refractivity contribution >= 4 is 16.6 Å². The fourth-order valence-corrected chi connectivity index (χ4v) is 4.72. The molecule has 1 atom stereocenters. The second kappa shape index (κ2) is 7.56. The van der Waals surface area contributed by atoms with Crippen molar-refractivity contribution in [3.05, 3.63) is 54.3 Å². The summed E-state index contributed by atoms with van der Waals surface area (Å²) in [5.41, 5.74) is 6.30. The molecular weight excluding hydrogens is 402 g/mol. The number of benzene rings is 1. The van der Waals surface area contributed by atoms with Crippen LogP contribution in [0.15, 0.2) is 47.3 Å². The van der Waals surface area contributed by atoms with Gasteiger partial charge in [-0.1, -0.05) is 13.8 Å². The third-order valence-corrected chi connectivity index (χ3v) is 6.31. The predicted octanol–water partition coefficient (Wildman–Crippen LogP) is 4.52. The number of piperidine rings is 1. The highest BCUT2D eigenvalue weighted by Gasteiger charge is 2.22. The summed E-state index contributed by atoms with van der Waals surface area (Å²) in [6, 6.07) is 10.4. The first-order valence-corrected chi connectivity index (χ1v) is 11.2. The Morgan fingerprint density at radius 3 is 2.88 bits per heavy atom. The van der Waals surface area contributed by atoms with E-state index in [2.05, 4.69) is 62.6 Å². The molecule has 32 heavy (non-hydrogen) atoms. The smallest absolute Gasteiger partial charge is 0.247 e. The number of fused-ring (bicyclic) bond motifs is 2. The molecule has 0 radical (unpaired) electrons. The fourth-order valence-electron chi connectivity index (χ4n) is 4.72. The molecule has 1 saturated heterocycles. The van der Waals surface area contributed by atoms with Gasteiger partial charge in [0, 0.05) is 40.7 Å². The maximum Gasteiger partial charge on any atom is 0.247 e. The number of pyridine rings is 1. The van der Waals surface area contributed by atoms with Crippen LogP contribution in [0.3, 0.4) is 0 Å². The van der Waals surface area contributed by atoms with Crippen molar-refractivity contribution in [2.24, 2.45) is 0 Å². The molecule has 0 aliphatic carbocycles. The second-order valence-corrected chi connectivity index (χ2v) is 8.80. The normalized spacial score (nSPS) is 17.0. The van der Waals surface area contributed by atoms with E-state index in [1.54, 1.807) is 10.8 Å². The first-order chi connectivity index (χ1) is 15.7. The third-order valence-electron chi connectivity index (χ3n) is 6.31. The van der Waals surface area contributed by atoms with Crippen LogP contribution in [0.1, 0.15) is 50.0 Å². The summed E-state index contributed by atoms with van der Waals surface area (Å²) < 4.78 is 7.90. The molecule has 1 aliphatic heterocycles. The van der Waals surface area contributed by atoms with Gasteiger partial charge in [-0.25, -0.2) is 9.50 Å². The highest BCUT2D eigenvalue weighted by molar-refractivity contribution is 5.93. The van der Waals surface area contributed by atoms with Gasteiger partial charge in [-0.15, -0.1) is 10.2 Å². The number of aromatic amines is 1. The van der Waals surface area contributed by atoms with Crippen molar-refractivity contribution in [1.29, 1.82) is 0 Å². The molecule has 0 bridgehead atoms. The largest absolute Gasteiger partial charge is 0.420 e. The lowest BCUT2D eigenvalue weighted by molar-refractivity contribution is 0.380. The Balaban J connectivity index is 1.43. The van der Waals surface area contributed by atoms with Crippen LogP contribution >= 0.6 is 0 Å². The van der Waals surface area contributed by atoms with E-state index in [0.29, 0.717) is 17.7 Å². The number of aromatic nitrogens is 6. The molecule has 2 N–H and O–H groups in total. The summed E-state index contributed by atoms with van der Waals surface area (Å²) in [5, 5.41) is 17.6. The first-order valence-electron chi connectivity index (χ1n) is 11.2. The molecule has 0 saturated carbocycles. The lowest BCUT2D eigenvalue weighted by atomic mass is 9.96. The number of H-pyrrole nitrogens is 1. The standard InChI is InChI=1S/C24H25N7O/c1-14(2)21-18-10-15(23-29-30-24(32-23)16-4-3-9-25-11-16)5-7-19(18)28-22(21)17-6-8-20-26-13-27-31(20)12-17/h5-8,10,12-14,16,25,28H,3-4,9,11H2,1-2H3. The van der Waals surface area contributed by atoms with E-state index in [4.69, 9.17) is 4.42 Å². The summed E-state index contributed by atoms with van der Waals surface area (Å²) in [6.45, 7) is 6.39. The van der Waals surface area contributed by atoms with Gasteiger partial charge >= 0.3 is 0 Å². The van der Waals surface area contributed by atoms with Crippen LogP contribution in [0.5, 0.6) is 0 Å². The highest BCUT2D eigenvalue weighted by Crippen LogP contribution is 2.37. The van der Waals surface area contributed by atoms with E-state index >= 15 is 0 Å². The third kappa shape index (κ3) is 3.18. The van der Waals surface area contributed by atoms with Gasteiger partial charge in [-0.3, -0.25) is 0 Å².